The average molecular weight is 253 g/mol. The molecule has 2 N–H and O–H groups in total. The summed E-state index contributed by atoms with van der Waals surface area (Å²) in [6.07, 6.45) is -0.598. The van der Waals surface area contributed by atoms with Crippen LogP contribution in [0.2, 0.25) is 0 Å². The third-order valence-electron chi connectivity index (χ3n) is 2.46. The third kappa shape index (κ3) is 2.68. The number of halogens is 2. The Kier molecular flexibility index (Phi) is 3.62. The highest BCUT2D eigenvalue weighted by molar-refractivity contribution is 5.25. The molecule has 0 saturated carbocycles. The van der Waals surface area contributed by atoms with Crippen LogP contribution in [0.3, 0.4) is 0 Å². The molecule has 1 atom stereocenters. The first-order chi connectivity index (χ1) is 8.60. The van der Waals surface area contributed by atoms with Crippen molar-refractivity contribution in [2.24, 2.45) is 5.73 Å². The summed E-state index contributed by atoms with van der Waals surface area (Å²) >= 11 is 0. The minimum Gasteiger partial charge on any atom is -0.478 e. The number of hydrogen-bond acceptors (Lipinski definition) is 3. The van der Waals surface area contributed by atoms with Crippen LogP contribution in [0.4, 0.5) is 8.78 Å². The van der Waals surface area contributed by atoms with E-state index in [1.165, 1.54) is 6.07 Å². The van der Waals surface area contributed by atoms with Gasteiger partial charge in [0.25, 0.3) is 0 Å². The lowest BCUT2D eigenvalue weighted by molar-refractivity contribution is 0.174. The fraction of sp³-hybridized carbons (Fsp3) is 0.231. The van der Waals surface area contributed by atoms with Gasteiger partial charge in [0.15, 0.2) is 17.7 Å². The van der Waals surface area contributed by atoms with Crippen LogP contribution in [-0.2, 0) is 0 Å². The number of nitrogens with two attached hydrogens (primary N) is 1. The first kappa shape index (κ1) is 12.6. The van der Waals surface area contributed by atoms with Crippen molar-refractivity contribution < 1.29 is 17.9 Å². The van der Waals surface area contributed by atoms with Gasteiger partial charge in [-0.3, -0.25) is 0 Å². The second-order valence-corrected chi connectivity index (χ2v) is 3.87. The maximum absolute atomic E-state index is 13.4. The minimum atomic E-state index is -0.767. The molecule has 1 aromatic carbocycles. The van der Waals surface area contributed by atoms with Crippen LogP contribution >= 0.6 is 0 Å². The van der Waals surface area contributed by atoms with Gasteiger partial charge in [-0.2, -0.15) is 0 Å². The number of rotatable bonds is 4. The fourth-order valence-corrected chi connectivity index (χ4v) is 1.57. The number of aryl methyl sites for hydroxylation is 1. The highest BCUT2D eigenvalue weighted by Gasteiger charge is 2.17. The summed E-state index contributed by atoms with van der Waals surface area (Å²) in [5.74, 6) is -0.249. The van der Waals surface area contributed by atoms with Crippen LogP contribution in [0.15, 0.2) is 34.7 Å². The summed E-state index contributed by atoms with van der Waals surface area (Å²) in [6, 6.07) is 6.59. The quantitative estimate of drug-likeness (QED) is 0.911. The zero-order chi connectivity index (χ0) is 13.1. The van der Waals surface area contributed by atoms with Crippen LogP contribution in [0.1, 0.15) is 17.6 Å². The van der Waals surface area contributed by atoms with E-state index >= 15 is 0 Å². The second-order valence-electron chi connectivity index (χ2n) is 3.87. The van der Waals surface area contributed by atoms with Gasteiger partial charge >= 0.3 is 0 Å². The molecule has 0 bridgehead atoms. The van der Waals surface area contributed by atoms with E-state index < -0.39 is 17.7 Å². The molecular formula is C13H13F2NO2. The first-order valence-electron chi connectivity index (χ1n) is 5.48. The van der Waals surface area contributed by atoms with E-state index in [-0.39, 0.29) is 12.3 Å². The molecule has 1 unspecified atom stereocenters. The van der Waals surface area contributed by atoms with Gasteiger partial charge in [-0.05, 0) is 31.2 Å². The maximum Gasteiger partial charge on any atom is 0.168 e. The third-order valence-corrected chi connectivity index (χ3v) is 2.46. The van der Waals surface area contributed by atoms with Crippen molar-refractivity contribution >= 4 is 0 Å². The molecule has 18 heavy (non-hydrogen) atoms. The summed E-state index contributed by atoms with van der Waals surface area (Å²) in [5, 5.41) is 0. The second kappa shape index (κ2) is 5.18. The number of hydrogen-bond donors (Lipinski definition) is 1. The Hall–Kier alpha value is -1.88. The van der Waals surface area contributed by atoms with Crippen molar-refractivity contribution in [2.45, 2.75) is 13.0 Å². The van der Waals surface area contributed by atoms with E-state index in [1.807, 2.05) is 0 Å². The minimum absolute atomic E-state index is 0.0547. The summed E-state index contributed by atoms with van der Waals surface area (Å²) < 4.78 is 36.9. The lowest BCUT2D eigenvalue weighted by Crippen LogP contribution is -2.18. The lowest BCUT2D eigenvalue weighted by Gasteiger charge is -2.15. The summed E-state index contributed by atoms with van der Waals surface area (Å²) in [5.41, 5.74) is 5.56. The molecule has 96 valence electrons. The van der Waals surface area contributed by atoms with Gasteiger partial charge in [0.1, 0.15) is 17.3 Å². The topological polar surface area (TPSA) is 48.4 Å². The first-order valence-corrected chi connectivity index (χ1v) is 5.48. The molecule has 1 heterocycles. The maximum atomic E-state index is 13.4. The van der Waals surface area contributed by atoms with Crippen LogP contribution in [-0.4, -0.2) is 6.54 Å². The Morgan fingerprint density at radius 2 is 2.06 bits per heavy atom. The van der Waals surface area contributed by atoms with Crippen LogP contribution < -0.4 is 10.5 Å². The summed E-state index contributed by atoms with van der Waals surface area (Å²) in [4.78, 5) is 0. The lowest BCUT2D eigenvalue weighted by atomic mass is 10.2. The van der Waals surface area contributed by atoms with Gasteiger partial charge in [0.2, 0.25) is 0 Å². The number of benzene rings is 1. The van der Waals surface area contributed by atoms with Crippen molar-refractivity contribution in [3.8, 4) is 5.75 Å². The SMILES string of the molecule is Cc1ccc(C(CN)Oc2ccc(F)cc2F)o1. The molecule has 2 aromatic rings. The molecule has 5 heteroatoms. The fourth-order valence-electron chi connectivity index (χ4n) is 1.57. The molecule has 1 aromatic heterocycles. The molecule has 0 amide bonds. The predicted molar refractivity (Wildman–Crippen MR) is 62.2 cm³/mol. The van der Waals surface area contributed by atoms with E-state index in [4.69, 9.17) is 14.9 Å². The molecule has 3 nitrogen and oxygen atoms in total. The highest BCUT2D eigenvalue weighted by Crippen LogP contribution is 2.25. The standard InChI is InChI=1S/C13H13F2NO2/c1-8-2-4-12(17-8)13(7-16)18-11-5-3-9(14)6-10(11)15/h2-6,13H,7,16H2,1H3. The molecule has 0 saturated heterocycles. The van der Waals surface area contributed by atoms with Crippen molar-refractivity contribution in [1.29, 1.82) is 0 Å². The summed E-state index contributed by atoms with van der Waals surface area (Å²) in [6.45, 7) is 1.92. The van der Waals surface area contributed by atoms with E-state index in [9.17, 15) is 8.78 Å². The van der Waals surface area contributed by atoms with Crippen molar-refractivity contribution in [2.75, 3.05) is 6.54 Å². The summed E-state index contributed by atoms with van der Waals surface area (Å²) in [7, 11) is 0. The molecule has 0 aliphatic heterocycles. The van der Waals surface area contributed by atoms with E-state index in [0.29, 0.717) is 11.5 Å². The molecule has 0 spiro atoms. The number of furan rings is 1. The van der Waals surface area contributed by atoms with Gasteiger partial charge in [0, 0.05) is 12.6 Å². The smallest absolute Gasteiger partial charge is 0.168 e. The molecule has 0 aliphatic carbocycles. The Morgan fingerprint density at radius 1 is 1.28 bits per heavy atom. The van der Waals surface area contributed by atoms with E-state index in [0.717, 1.165) is 12.1 Å². The van der Waals surface area contributed by atoms with Gasteiger partial charge in [0.05, 0.1) is 0 Å². The number of ether oxygens (including phenoxy) is 1. The van der Waals surface area contributed by atoms with Crippen molar-refractivity contribution in [3.05, 3.63) is 53.5 Å². The average Bonchev–Trinajstić information content (AvgIpc) is 2.75. The highest BCUT2D eigenvalue weighted by atomic mass is 19.1. The predicted octanol–water partition coefficient (Wildman–Crippen LogP) is 2.95. The molecule has 0 aliphatic rings. The molecular weight excluding hydrogens is 240 g/mol. The molecule has 2 rings (SSSR count). The Labute approximate surface area is 103 Å². The monoisotopic (exact) mass is 253 g/mol. The normalized spacial score (nSPS) is 12.4. The van der Waals surface area contributed by atoms with E-state index in [1.54, 1.807) is 19.1 Å². The van der Waals surface area contributed by atoms with Crippen LogP contribution in [0.5, 0.6) is 5.75 Å². The van der Waals surface area contributed by atoms with Crippen LogP contribution in [0.25, 0.3) is 0 Å². The van der Waals surface area contributed by atoms with Gasteiger partial charge in [-0.1, -0.05) is 0 Å². The van der Waals surface area contributed by atoms with Crippen molar-refractivity contribution in [1.82, 2.24) is 0 Å². The Bertz CT molecular complexity index is 540. The largest absolute Gasteiger partial charge is 0.478 e. The van der Waals surface area contributed by atoms with Gasteiger partial charge in [-0.25, -0.2) is 8.78 Å². The van der Waals surface area contributed by atoms with E-state index in [2.05, 4.69) is 0 Å². The van der Waals surface area contributed by atoms with Gasteiger partial charge < -0.3 is 14.9 Å². The zero-order valence-corrected chi connectivity index (χ0v) is 9.82. The molecule has 0 radical (unpaired) electrons. The Morgan fingerprint density at radius 3 is 2.61 bits per heavy atom. The van der Waals surface area contributed by atoms with Crippen LogP contribution in [0, 0.1) is 18.6 Å². The Balaban J connectivity index is 2.20. The zero-order valence-electron chi connectivity index (χ0n) is 9.82. The molecule has 0 fully saturated rings. The van der Waals surface area contributed by atoms with Gasteiger partial charge in [-0.15, -0.1) is 0 Å². The van der Waals surface area contributed by atoms with Crippen molar-refractivity contribution in [3.63, 3.8) is 0 Å².